The van der Waals surface area contributed by atoms with Crippen LogP contribution in [0.3, 0.4) is 0 Å². The van der Waals surface area contributed by atoms with Crippen LogP contribution in [0.1, 0.15) is 6.92 Å². The summed E-state index contributed by atoms with van der Waals surface area (Å²) in [5.74, 6) is -1.54. The third-order valence-electron chi connectivity index (χ3n) is 1.48. The quantitative estimate of drug-likeness (QED) is 0.466. The highest BCUT2D eigenvalue weighted by molar-refractivity contribution is 8.00. The van der Waals surface area contributed by atoms with Crippen LogP contribution in [0.4, 0.5) is 0 Å². The number of carbonyl (C=O) groups is 3. The fourth-order valence-electron chi connectivity index (χ4n) is 0.596. The van der Waals surface area contributed by atoms with Gasteiger partial charge in [0.25, 0.3) is 0 Å². The third-order valence-corrected chi connectivity index (χ3v) is 2.74. The van der Waals surface area contributed by atoms with E-state index >= 15 is 0 Å². The molecule has 0 saturated carbocycles. The summed E-state index contributed by atoms with van der Waals surface area (Å²) in [7, 11) is 0. The zero-order valence-electron chi connectivity index (χ0n) is 7.60. The van der Waals surface area contributed by atoms with Crippen molar-refractivity contribution in [1.29, 1.82) is 0 Å². The van der Waals surface area contributed by atoms with E-state index in [0.29, 0.717) is 6.41 Å². The van der Waals surface area contributed by atoms with Crippen molar-refractivity contribution >= 4 is 30.0 Å². The SMILES string of the molecule is CC(SCC(NC=O)C(=O)O)C(N)=O. The fraction of sp³-hybridized carbons (Fsp3) is 0.571. The summed E-state index contributed by atoms with van der Waals surface area (Å²) in [6.45, 7) is 1.58. The van der Waals surface area contributed by atoms with Gasteiger partial charge >= 0.3 is 5.97 Å². The molecule has 0 fully saturated rings. The van der Waals surface area contributed by atoms with Gasteiger partial charge < -0.3 is 16.2 Å². The van der Waals surface area contributed by atoms with Crippen LogP contribution in [0.5, 0.6) is 0 Å². The van der Waals surface area contributed by atoms with Crippen molar-refractivity contribution in [3.63, 3.8) is 0 Å². The van der Waals surface area contributed by atoms with Gasteiger partial charge in [-0.15, -0.1) is 11.8 Å². The largest absolute Gasteiger partial charge is 0.480 e. The van der Waals surface area contributed by atoms with Crippen molar-refractivity contribution in [2.75, 3.05) is 5.75 Å². The number of thioether (sulfide) groups is 1. The summed E-state index contributed by atoms with van der Waals surface area (Å²) in [4.78, 5) is 31.1. The van der Waals surface area contributed by atoms with Crippen molar-refractivity contribution in [3.8, 4) is 0 Å². The van der Waals surface area contributed by atoms with E-state index in [1.54, 1.807) is 6.92 Å². The van der Waals surface area contributed by atoms with E-state index in [1.807, 2.05) is 0 Å². The van der Waals surface area contributed by atoms with Gasteiger partial charge in [0.2, 0.25) is 12.3 Å². The van der Waals surface area contributed by atoms with Crippen molar-refractivity contribution in [1.82, 2.24) is 5.32 Å². The van der Waals surface area contributed by atoms with Gasteiger partial charge in [0.05, 0.1) is 5.25 Å². The minimum atomic E-state index is -1.14. The molecule has 0 aromatic rings. The van der Waals surface area contributed by atoms with E-state index < -0.39 is 23.2 Å². The molecule has 0 aromatic heterocycles. The van der Waals surface area contributed by atoms with Crippen LogP contribution in [0.25, 0.3) is 0 Å². The maximum Gasteiger partial charge on any atom is 0.327 e. The second-order valence-electron chi connectivity index (χ2n) is 2.55. The van der Waals surface area contributed by atoms with Gasteiger partial charge in [-0.05, 0) is 6.92 Å². The smallest absolute Gasteiger partial charge is 0.327 e. The Bertz CT molecular complexity index is 234. The lowest BCUT2D eigenvalue weighted by molar-refractivity contribution is -0.139. The molecule has 6 nitrogen and oxygen atoms in total. The highest BCUT2D eigenvalue weighted by Gasteiger charge is 2.19. The topological polar surface area (TPSA) is 109 Å². The molecule has 0 bridgehead atoms. The number of amides is 2. The molecule has 7 heteroatoms. The van der Waals surface area contributed by atoms with Crippen LogP contribution in [-0.4, -0.2) is 40.4 Å². The van der Waals surface area contributed by atoms with Crippen molar-refractivity contribution in [2.45, 2.75) is 18.2 Å². The molecule has 0 radical (unpaired) electrons. The van der Waals surface area contributed by atoms with Crippen molar-refractivity contribution < 1.29 is 19.5 Å². The lowest BCUT2D eigenvalue weighted by Crippen LogP contribution is -2.39. The molecule has 0 spiro atoms. The second-order valence-corrected chi connectivity index (χ2v) is 3.93. The molecule has 0 aliphatic heterocycles. The van der Waals surface area contributed by atoms with Gasteiger partial charge in [-0.2, -0.15) is 0 Å². The Hall–Kier alpha value is -1.24. The summed E-state index contributed by atoms with van der Waals surface area (Å²) in [6.07, 6.45) is 0.314. The maximum absolute atomic E-state index is 10.6. The second kappa shape index (κ2) is 6.25. The monoisotopic (exact) mass is 220 g/mol. The highest BCUT2D eigenvalue weighted by Crippen LogP contribution is 2.11. The average molecular weight is 220 g/mol. The number of aliphatic carboxylic acids is 1. The Labute approximate surface area is 85.2 Å². The lowest BCUT2D eigenvalue weighted by atomic mass is 10.3. The molecule has 0 rings (SSSR count). The molecular weight excluding hydrogens is 208 g/mol. The Balaban J connectivity index is 3.99. The Morgan fingerprint density at radius 1 is 1.64 bits per heavy atom. The van der Waals surface area contributed by atoms with E-state index in [0.717, 1.165) is 11.8 Å². The molecule has 0 aromatic carbocycles. The number of hydrogen-bond donors (Lipinski definition) is 3. The molecule has 14 heavy (non-hydrogen) atoms. The average Bonchev–Trinajstić information content (AvgIpc) is 2.10. The molecule has 4 N–H and O–H groups in total. The molecule has 2 atom stereocenters. The first-order chi connectivity index (χ1) is 6.49. The predicted molar refractivity (Wildman–Crippen MR) is 51.7 cm³/mol. The van der Waals surface area contributed by atoms with Gasteiger partial charge in [-0.3, -0.25) is 9.59 Å². The number of carboxylic acids is 1. The van der Waals surface area contributed by atoms with E-state index in [-0.39, 0.29) is 5.75 Å². The molecule has 0 aliphatic rings. The number of nitrogens with two attached hydrogens (primary N) is 1. The minimum Gasteiger partial charge on any atom is -0.480 e. The van der Waals surface area contributed by atoms with Gasteiger partial charge in [0, 0.05) is 5.75 Å². The number of carboxylic acid groups (broad SMARTS) is 1. The Kier molecular flexibility index (Phi) is 5.70. The molecule has 0 saturated heterocycles. The zero-order valence-corrected chi connectivity index (χ0v) is 8.41. The van der Waals surface area contributed by atoms with Crippen LogP contribution in [0.15, 0.2) is 0 Å². The number of nitrogens with one attached hydrogen (secondary N) is 1. The summed E-state index contributed by atoms with van der Waals surface area (Å²) < 4.78 is 0. The summed E-state index contributed by atoms with van der Waals surface area (Å²) in [6, 6.07) is -0.987. The molecule has 0 heterocycles. The number of carbonyl (C=O) groups excluding carboxylic acids is 2. The highest BCUT2D eigenvalue weighted by atomic mass is 32.2. The van der Waals surface area contributed by atoms with Crippen LogP contribution in [0, 0.1) is 0 Å². The van der Waals surface area contributed by atoms with Gasteiger partial charge in [0.15, 0.2) is 0 Å². The first kappa shape index (κ1) is 12.8. The van der Waals surface area contributed by atoms with E-state index in [4.69, 9.17) is 10.8 Å². The van der Waals surface area contributed by atoms with Crippen LogP contribution in [-0.2, 0) is 14.4 Å². The number of hydrogen-bond acceptors (Lipinski definition) is 4. The maximum atomic E-state index is 10.6. The van der Waals surface area contributed by atoms with E-state index in [1.165, 1.54) is 0 Å². The van der Waals surface area contributed by atoms with Crippen LogP contribution in [0.2, 0.25) is 0 Å². The Morgan fingerprint density at radius 2 is 2.21 bits per heavy atom. The summed E-state index contributed by atoms with van der Waals surface area (Å²) in [5.41, 5.74) is 4.98. The lowest BCUT2D eigenvalue weighted by Gasteiger charge is -2.12. The van der Waals surface area contributed by atoms with E-state index in [9.17, 15) is 14.4 Å². The van der Waals surface area contributed by atoms with Crippen molar-refractivity contribution in [2.24, 2.45) is 5.73 Å². The first-order valence-corrected chi connectivity index (χ1v) is 4.87. The fourth-order valence-corrected chi connectivity index (χ4v) is 1.48. The molecule has 2 amide bonds. The normalized spacial score (nSPS) is 14.1. The van der Waals surface area contributed by atoms with Crippen LogP contribution >= 0.6 is 11.8 Å². The Morgan fingerprint density at radius 3 is 2.57 bits per heavy atom. The standard InChI is InChI=1S/C7H12N2O4S/c1-4(6(8)11)14-2-5(7(12)13)9-3-10/h3-5H,2H2,1H3,(H2,8,11)(H,9,10)(H,12,13). The zero-order chi connectivity index (χ0) is 11.1. The van der Waals surface area contributed by atoms with Crippen molar-refractivity contribution in [3.05, 3.63) is 0 Å². The third kappa shape index (κ3) is 4.70. The van der Waals surface area contributed by atoms with Gasteiger partial charge in [-0.25, -0.2) is 4.79 Å². The van der Waals surface area contributed by atoms with E-state index in [2.05, 4.69) is 5.32 Å². The minimum absolute atomic E-state index is 0.109. The number of primary amides is 1. The van der Waals surface area contributed by atoms with Crippen LogP contribution < -0.4 is 11.1 Å². The summed E-state index contributed by atoms with van der Waals surface area (Å²) >= 11 is 1.08. The van der Waals surface area contributed by atoms with Gasteiger partial charge in [0.1, 0.15) is 6.04 Å². The number of rotatable bonds is 7. The molecule has 80 valence electrons. The first-order valence-electron chi connectivity index (χ1n) is 3.82. The molecular formula is C7H12N2O4S. The molecule has 2 unspecified atom stereocenters. The predicted octanol–water partition coefficient (Wildman–Crippen LogP) is -1.21. The summed E-state index contributed by atoms with van der Waals surface area (Å²) in [5, 5.41) is 10.3. The molecule has 0 aliphatic carbocycles. The van der Waals surface area contributed by atoms with Gasteiger partial charge in [-0.1, -0.05) is 0 Å².